The van der Waals surface area contributed by atoms with Gasteiger partial charge in [-0.3, -0.25) is 0 Å². The second-order valence-electron chi connectivity index (χ2n) is 5.50. The number of hydrogen-bond donors (Lipinski definition) is 0. The van der Waals surface area contributed by atoms with Gasteiger partial charge in [0.25, 0.3) is 0 Å². The van der Waals surface area contributed by atoms with Crippen LogP contribution in [0.4, 0.5) is 0 Å². The van der Waals surface area contributed by atoms with Crippen molar-refractivity contribution < 1.29 is 9.01 Å². The predicted octanol–water partition coefficient (Wildman–Crippen LogP) is -0.198. The summed E-state index contributed by atoms with van der Waals surface area (Å²) in [6.07, 6.45) is 6.21. The normalized spacial score (nSPS) is 14.0. The Balaban J connectivity index is 1.98. The smallest absolute Gasteiger partial charge is 0.438 e. The first-order valence-corrected chi connectivity index (χ1v) is 6.98. The van der Waals surface area contributed by atoms with Crippen molar-refractivity contribution in [1.29, 1.82) is 0 Å². The molecule has 0 aliphatic carbocycles. The molecule has 4 heterocycles. The minimum absolute atomic E-state index is 0.0964. The molecular formula is C15H16BN4O+. The lowest BCUT2D eigenvalue weighted by Crippen LogP contribution is -2.64. The molecule has 0 N–H and O–H groups in total. The minimum Gasteiger partial charge on any atom is -0.438 e. The molecule has 1 aliphatic rings. The molecule has 0 unspecified atom stereocenters. The van der Waals surface area contributed by atoms with Gasteiger partial charge in [-0.05, 0) is 26.1 Å². The van der Waals surface area contributed by atoms with Crippen molar-refractivity contribution in [3.05, 3.63) is 46.9 Å². The van der Waals surface area contributed by atoms with E-state index in [2.05, 4.69) is 50.6 Å². The zero-order chi connectivity index (χ0) is 14.6. The summed E-state index contributed by atoms with van der Waals surface area (Å²) in [5, 5.41) is 2.17. The van der Waals surface area contributed by atoms with Crippen molar-refractivity contribution >= 4 is 30.3 Å². The molecule has 0 amide bonds. The summed E-state index contributed by atoms with van der Waals surface area (Å²) in [5.74, 6) is 2.13. The Morgan fingerprint density at radius 2 is 2.14 bits per heavy atom. The van der Waals surface area contributed by atoms with Gasteiger partial charge in [0.05, 0.1) is 13.2 Å². The molecule has 0 fully saturated rings. The summed E-state index contributed by atoms with van der Waals surface area (Å²) >= 11 is 0. The van der Waals surface area contributed by atoms with E-state index >= 15 is 0 Å². The van der Waals surface area contributed by atoms with E-state index in [4.69, 9.17) is 4.42 Å². The molecule has 0 bridgehead atoms. The van der Waals surface area contributed by atoms with Crippen LogP contribution in [0.15, 0.2) is 35.0 Å². The number of hydrogen-bond acceptors (Lipinski definition) is 3. The molecule has 0 saturated carbocycles. The maximum Gasteiger partial charge on any atom is 0.672 e. The number of aromatic nitrogens is 3. The fraction of sp³-hybridized carbons (Fsp3) is 0.200. The van der Waals surface area contributed by atoms with Crippen molar-refractivity contribution in [1.82, 2.24) is 14.5 Å². The first-order chi connectivity index (χ1) is 10.1. The Kier molecular flexibility index (Phi) is 2.48. The van der Waals surface area contributed by atoms with E-state index in [-0.39, 0.29) is 6.98 Å². The molecule has 5 nitrogen and oxygen atoms in total. The van der Waals surface area contributed by atoms with Crippen LogP contribution >= 0.6 is 0 Å². The van der Waals surface area contributed by atoms with Gasteiger partial charge in [0, 0.05) is 34.5 Å². The number of aryl methyl sites for hydroxylation is 2. The first-order valence-electron chi connectivity index (χ1n) is 6.98. The SMILES string of the molecule is Cc1ccc2c3c(oc2n1)=CB([n+]1cccn1C)N(C)C=3. The van der Waals surface area contributed by atoms with Gasteiger partial charge >= 0.3 is 6.98 Å². The maximum atomic E-state index is 5.94. The summed E-state index contributed by atoms with van der Waals surface area (Å²) in [4.78, 5) is 6.65. The molecule has 0 atom stereocenters. The third kappa shape index (κ3) is 1.79. The lowest BCUT2D eigenvalue weighted by atomic mass is 9.73. The average Bonchev–Trinajstić information content (AvgIpc) is 3.00. The van der Waals surface area contributed by atoms with Gasteiger partial charge in [0.15, 0.2) is 6.20 Å². The van der Waals surface area contributed by atoms with Crippen LogP contribution in [-0.2, 0) is 7.05 Å². The summed E-state index contributed by atoms with van der Waals surface area (Å²) in [6.45, 7) is 2.07. The quantitative estimate of drug-likeness (QED) is 0.579. The summed E-state index contributed by atoms with van der Waals surface area (Å²) in [6, 6.07) is 6.12. The second-order valence-corrected chi connectivity index (χ2v) is 5.50. The molecule has 3 aromatic heterocycles. The molecule has 0 aromatic carbocycles. The second kappa shape index (κ2) is 4.25. The van der Waals surface area contributed by atoms with Crippen LogP contribution in [0, 0.1) is 6.92 Å². The van der Waals surface area contributed by atoms with E-state index < -0.39 is 0 Å². The fourth-order valence-corrected chi connectivity index (χ4v) is 2.87. The third-order valence-electron chi connectivity index (χ3n) is 3.99. The molecule has 0 saturated heterocycles. The lowest BCUT2D eigenvalue weighted by molar-refractivity contribution is -0.632. The molecule has 3 aromatic rings. The fourth-order valence-electron chi connectivity index (χ4n) is 2.87. The van der Waals surface area contributed by atoms with E-state index in [1.165, 1.54) is 0 Å². The van der Waals surface area contributed by atoms with E-state index in [1.54, 1.807) is 0 Å². The number of fused-ring (bicyclic) bond motifs is 3. The molecule has 1 aliphatic heterocycles. The Morgan fingerprint density at radius 3 is 2.90 bits per heavy atom. The van der Waals surface area contributed by atoms with E-state index in [0.29, 0.717) is 5.71 Å². The summed E-state index contributed by atoms with van der Waals surface area (Å²) in [7, 11) is 4.10. The minimum atomic E-state index is 0.0964. The summed E-state index contributed by atoms with van der Waals surface area (Å²) in [5.41, 5.74) is 2.56. The van der Waals surface area contributed by atoms with E-state index in [0.717, 1.165) is 21.7 Å². The van der Waals surface area contributed by atoms with Crippen molar-refractivity contribution in [2.24, 2.45) is 7.05 Å². The summed E-state index contributed by atoms with van der Waals surface area (Å²) < 4.78 is 10.1. The average molecular weight is 279 g/mol. The van der Waals surface area contributed by atoms with Gasteiger partial charge in [-0.15, -0.1) is 0 Å². The van der Waals surface area contributed by atoms with Crippen LogP contribution in [0.2, 0.25) is 0 Å². The van der Waals surface area contributed by atoms with Crippen molar-refractivity contribution in [3.8, 4) is 0 Å². The van der Waals surface area contributed by atoms with Gasteiger partial charge in [0.2, 0.25) is 5.71 Å². The van der Waals surface area contributed by atoms with Crippen LogP contribution < -0.4 is 15.2 Å². The Morgan fingerprint density at radius 1 is 1.29 bits per heavy atom. The van der Waals surface area contributed by atoms with Gasteiger partial charge in [-0.25, -0.2) is 4.98 Å². The number of pyridine rings is 1. The molecule has 6 heteroatoms. The topological polar surface area (TPSA) is 38.1 Å². The van der Waals surface area contributed by atoms with Crippen LogP contribution in [-0.4, -0.2) is 28.5 Å². The molecule has 104 valence electrons. The first kappa shape index (κ1) is 12.3. The Hall–Kier alpha value is -2.50. The van der Waals surface area contributed by atoms with E-state index in [9.17, 15) is 0 Å². The molecule has 21 heavy (non-hydrogen) atoms. The van der Waals surface area contributed by atoms with Crippen LogP contribution in [0.1, 0.15) is 5.69 Å². The van der Waals surface area contributed by atoms with Gasteiger partial charge in [-0.2, -0.15) is 9.27 Å². The monoisotopic (exact) mass is 279 g/mol. The zero-order valence-electron chi connectivity index (χ0n) is 12.3. The Bertz CT molecular complexity index is 956. The largest absolute Gasteiger partial charge is 0.672 e. The number of nitrogens with zero attached hydrogens (tertiary/aromatic N) is 4. The van der Waals surface area contributed by atoms with Crippen molar-refractivity contribution in [2.75, 3.05) is 7.05 Å². The molecular weight excluding hydrogens is 263 g/mol. The molecule has 4 rings (SSSR count). The number of rotatable bonds is 1. The lowest BCUT2D eigenvalue weighted by Gasteiger charge is -2.15. The van der Waals surface area contributed by atoms with Gasteiger partial charge in [-0.1, -0.05) is 0 Å². The maximum absolute atomic E-state index is 5.94. The standard InChI is InChI=1S/C15H16BN4O/c1-11-5-6-12-13-10-18(2)16(20-8-4-7-19(20)3)9-14(13)21-15(12)17-11/h4-10H,1-3H3/q+1. The highest BCUT2D eigenvalue weighted by Gasteiger charge is 2.36. The predicted molar refractivity (Wildman–Crippen MR) is 81.4 cm³/mol. The van der Waals surface area contributed by atoms with Crippen molar-refractivity contribution in [3.63, 3.8) is 0 Å². The Labute approximate surface area is 122 Å². The zero-order valence-corrected chi connectivity index (χ0v) is 12.3. The highest BCUT2D eigenvalue weighted by molar-refractivity contribution is 6.63. The van der Waals surface area contributed by atoms with Crippen LogP contribution in [0.25, 0.3) is 23.3 Å². The van der Waals surface area contributed by atoms with Crippen LogP contribution in [0.3, 0.4) is 0 Å². The van der Waals surface area contributed by atoms with Crippen LogP contribution in [0.5, 0.6) is 0 Å². The number of furan rings is 1. The van der Waals surface area contributed by atoms with E-state index in [1.807, 2.05) is 32.3 Å². The van der Waals surface area contributed by atoms with Gasteiger partial charge < -0.3 is 9.23 Å². The molecule has 0 radical (unpaired) electrons. The van der Waals surface area contributed by atoms with Crippen molar-refractivity contribution in [2.45, 2.75) is 6.92 Å². The van der Waals surface area contributed by atoms with Gasteiger partial charge in [0.1, 0.15) is 5.42 Å². The molecule has 0 spiro atoms. The highest BCUT2D eigenvalue weighted by atomic mass is 16.3. The third-order valence-corrected chi connectivity index (χ3v) is 3.99. The highest BCUT2D eigenvalue weighted by Crippen LogP contribution is 2.08.